The van der Waals surface area contributed by atoms with Gasteiger partial charge in [-0.15, -0.1) is 11.3 Å². The third-order valence-electron chi connectivity index (χ3n) is 4.71. The van der Waals surface area contributed by atoms with E-state index in [1.807, 2.05) is 17.5 Å². The first-order valence-electron chi connectivity index (χ1n) is 8.35. The molecule has 0 bridgehead atoms. The Morgan fingerprint density at radius 2 is 2.27 bits per heavy atom. The van der Waals surface area contributed by atoms with Crippen molar-refractivity contribution in [3.8, 4) is 0 Å². The zero-order valence-corrected chi connectivity index (χ0v) is 15.0. The number of amides is 1. The zero-order valence-electron chi connectivity index (χ0n) is 14.2. The van der Waals surface area contributed by atoms with Crippen LogP contribution in [0.25, 0.3) is 0 Å². The smallest absolute Gasteiger partial charge is 0.261 e. The first-order chi connectivity index (χ1) is 10.4. The first kappa shape index (κ1) is 17.5. The van der Waals surface area contributed by atoms with Crippen molar-refractivity contribution in [3.05, 3.63) is 22.4 Å². The lowest BCUT2D eigenvalue weighted by molar-refractivity contribution is -0.0867. The van der Waals surface area contributed by atoms with Gasteiger partial charge in [-0.25, -0.2) is 0 Å². The molecule has 1 saturated heterocycles. The summed E-state index contributed by atoms with van der Waals surface area (Å²) in [7, 11) is 0. The van der Waals surface area contributed by atoms with Gasteiger partial charge in [0.15, 0.2) is 0 Å². The van der Waals surface area contributed by atoms with Gasteiger partial charge in [0, 0.05) is 13.2 Å². The average molecular weight is 324 g/mol. The molecule has 0 aromatic carbocycles. The lowest BCUT2D eigenvalue weighted by Gasteiger charge is -2.40. The quantitative estimate of drug-likeness (QED) is 0.845. The SMILES string of the molecule is CC(C)C(CCNC(=O)c1cccs1)C1CCOC(C)(C)C1. The number of hydrogen-bond donors (Lipinski definition) is 1. The first-order valence-corrected chi connectivity index (χ1v) is 9.22. The fourth-order valence-electron chi connectivity index (χ4n) is 3.61. The van der Waals surface area contributed by atoms with Crippen molar-refractivity contribution >= 4 is 17.2 Å². The molecule has 2 heterocycles. The maximum atomic E-state index is 12.0. The topological polar surface area (TPSA) is 38.3 Å². The van der Waals surface area contributed by atoms with E-state index in [1.165, 1.54) is 11.3 Å². The zero-order chi connectivity index (χ0) is 16.2. The molecule has 1 aliphatic rings. The number of rotatable bonds is 6. The Morgan fingerprint density at radius 1 is 1.50 bits per heavy atom. The van der Waals surface area contributed by atoms with Gasteiger partial charge >= 0.3 is 0 Å². The molecule has 1 fully saturated rings. The normalized spacial score (nSPS) is 22.5. The minimum atomic E-state index is -0.00370. The van der Waals surface area contributed by atoms with Gasteiger partial charge in [0.25, 0.3) is 5.91 Å². The summed E-state index contributed by atoms with van der Waals surface area (Å²) in [5.41, 5.74) is -0.00370. The maximum Gasteiger partial charge on any atom is 0.261 e. The largest absolute Gasteiger partial charge is 0.376 e. The Kier molecular flexibility index (Phi) is 6.04. The molecule has 0 aliphatic carbocycles. The van der Waals surface area contributed by atoms with E-state index in [0.717, 1.165) is 37.3 Å². The van der Waals surface area contributed by atoms with Gasteiger partial charge in [0.05, 0.1) is 10.5 Å². The van der Waals surface area contributed by atoms with Crippen molar-refractivity contribution < 1.29 is 9.53 Å². The van der Waals surface area contributed by atoms with Crippen LogP contribution in [0.3, 0.4) is 0 Å². The lowest BCUT2D eigenvalue weighted by atomic mass is 9.73. The Morgan fingerprint density at radius 3 is 2.86 bits per heavy atom. The van der Waals surface area contributed by atoms with Crippen LogP contribution in [-0.2, 0) is 4.74 Å². The molecule has 4 heteroatoms. The third-order valence-corrected chi connectivity index (χ3v) is 5.57. The van der Waals surface area contributed by atoms with Crippen LogP contribution in [0.2, 0.25) is 0 Å². The van der Waals surface area contributed by atoms with Crippen molar-refractivity contribution in [2.24, 2.45) is 17.8 Å². The lowest BCUT2D eigenvalue weighted by Crippen LogP contribution is -2.39. The molecular weight excluding hydrogens is 294 g/mol. The number of carbonyl (C=O) groups is 1. The van der Waals surface area contributed by atoms with E-state index in [-0.39, 0.29) is 11.5 Å². The van der Waals surface area contributed by atoms with Crippen LogP contribution < -0.4 is 5.32 Å². The summed E-state index contributed by atoms with van der Waals surface area (Å²) in [5.74, 6) is 2.04. The molecule has 1 aromatic heterocycles. The van der Waals surface area contributed by atoms with E-state index in [9.17, 15) is 4.79 Å². The van der Waals surface area contributed by atoms with Gasteiger partial charge < -0.3 is 10.1 Å². The molecule has 2 unspecified atom stereocenters. The number of hydrogen-bond acceptors (Lipinski definition) is 3. The monoisotopic (exact) mass is 323 g/mol. The molecule has 1 aromatic rings. The van der Waals surface area contributed by atoms with Crippen LogP contribution >= 0.6 is 11.3 Å². The van der Waals surface area contributed by atoms with E-state index in [0.29, 0.717) is 17.8 Å². The predicted octanol–water partition coefficient (Wildman–Crippen LogP) is 4.35. The van der Waals surface area contributed by atoms with E-state index < -0.39 is 0 Å². The highest BCUT2D eigenvalue weighted by Crippen LogP contribution is 2.37. The van der Waals surface area contributed by atoms with Crippen LogP contribution in [0.5, 0.6) is 0 Å². The van der Waals surface area contributed by atoms with Crippen LogP contribution in [-0.4, -0.2) is 24.7 Å². The standard InChI is InChI=1S/C18H29NO2S/c1-13(2)15(14-8-10-21-18(3,4)12-14)7-9-19-17(20)16-6-5-11-22-16/h5-6,11,13-15H,7-10,12H2,1-4H3,(H,19,20). The van der Waals surface area contributed by atoms with Crippen molar-refractivity contribution in [2.75, 3.05) is 13.2 Å². The van der Waals surface area contributed by atoms with E-state index in [1.54, 1.807) is 0 Å². The number of thiophene rings is 1. The van der Waals surface area contributed by atoms with E-state index >= 15 is 0 Å². The van der Waals surface area contributed by atoms with Crippen molar-refractivity contribution in [3.63, 3.8) is 0 Å². The Hall–Kier alpha value is -0.870. The van der Waals surface area contributed by atoms with E-state index in [2.05, 4.69) is 33.0 Å². The summed E-state index contributed by atoms with van der Waals surface area (Å²) in [5, 5.41) is 5.01. The number of ether oxygens (including phenoxy) is 1. The highest BCUT2D eigenvalue weighted by Gasteiger charge is 2.34. The summed E-state index contributed by atoms with van der Waals surface area (Å²) >= 11 is 1.50. The van der Waals surface area contributed by atoms with Gasteiger partial charge in [-0.1, -0.05) is 19.9 Å². The molecule has 1 amide bonds. The van der Waals surface area contributed by atoms with Crippen molar-refractivity contribution in [1.29, 1.82) is 0 Å². The summed E-state index contributed by atoms with van der Waals surface area (Å²) in [6.45, 7) is 10.6. The molecule has 124 valence electrons. The fraction of sp³-hybridized carbons (Fsp3) is 0.722. The minimum Gasteiger partial charge on any atom is -0.376 e. The van der Waals surface area contributed by atoms with Crippen molar-refractivity contribution in [2.45, 2.75) is 52.6 Å². The minimum absolute atomic E-state index is 0.00370. The molecule has 2 atom stereocenters. The number of carbonyl (C=O) groups excluding carboxylic acids is 1. The van der Waals surface area contributed by atoms with Crippen LogP contribution in [0.1, 0.15) is 56.6 Å². The predicted molar refractivity (Wildman–Crippen MR) is 92.4 cm³/mol. The second-order valence-electron chi connectivity index (χ2n) is 7.29. The molecule has 3 nitrogen and oxygen atoms in total. The Bertz CT molecular complexity index is 467. The van der Waals surface area contributed by atoms with E-state index in [4.69, 9.17) is 4.74 Å². The fourth-order valence-corrected chi connectivity index (χ4v) is 4.25. The highest BCUT2D eigenvalue weighted by atomic mass is 32.1. The van der Waals surface area contributed by atoms with Gasteiger partial charge in [-0.3, -0.25) is 4.79 Å². The summed E-state index contributed by atoms with van der Waals surface area (Å²) in [6.07, 6.45) is 3.31. The summed E-state index contributed by atoms with van der Waals surface area (Å²) in [6, 6.07) is 3.79. The second-order valence-corrected chi connectivity index (χ2v) is 8.24. The third kappa shape index (κ3) is 4.82. The molecular formula is C18H29NO2S. The average Bonchev–Trinajstić information content (AvgIpc) is 2.95. The maximum absolute atomic E-state index is 12.0. The van der Waals surface area contributed by atoms with Crippen LogP contribution in [0, 0.1) is 17.8 Å². The molecule has 2 rings (SSSR count). The second kappa shape index (κ2) is 7.60. The molecule has 1 aliphatic heterocycles. The molecule has 1 N–H and O–H groups in total. The Balaban J connectivity index is 1.85. The molecule has 22 heavy (non-hydrogen) atoms. The number of nitrogens with one attached hydrogen (secondary N) is 1. The van der Waals surface area contributed by atoms with Gasteiger partial charge in [-0.05, 0) is 62.3 Å². The summed E-state index contributed by atoms with van der Waals surface area (Å²) < 4.78 is 5.85. The van der Waals surface area contributed by atoms with Gasteiger partial charge in [0.1, 0.15) is 0 Å². The van der Waals surface area contributed by atoms with Crippen molar-refractivity contribution in [1.82, 2.24) is 5.32 Å². The van der Waals surface area contributed by atoms with Crippen LogP contribution in [0.15, 0.2) is 17.5 Å². The summed E-state index contributed by atoms with van der Waals surface area (Å²) in [4.78, 5) is 12.8. The molecule has 0 radical (unpaired) electrons. The van der Waals surface area contributed by atoms with Gasteiger partial charge in [0.2, 0.25) is 0 Å². The van der Waals surface area contributed by atoms with Crippen LogP contribution in [0.4, 0.5) is 0 Å². The molecule has 0 spiro atoms. The highest BCUT2D eigenvalue weighted by molar-refractivity contribution is 7.12. The molecule has 0 saturated carbocycles. The van der Waals surface area contributed by atoms with Gasteiger partial charge in [-0.2, -0.15) is 0 Å². The Labute approximate surface area is 138 Å².